The predicted molar refractivity (Wildman–Crippen MR) is 152 cm³/mol. The maximum atomic E-state index is 13.9. The standard InChI is InChI=1S/C28H36FN7O2S/c1-19(2)17-24(30)25(37)36(16-15-35-13-4-5-14-35)27-32-26(31-21-8-6-7-20(29)18-21)33-28(34-27)39-23-11-9-22(38-3)10-12-23/h6-12,18-19,24H,4-5,13-17,30H2,1-3H3,(H,31,32,33,34)/t24-/m0/s1. The van der Waals surface area contributed by atoms with E-state index in [1.165, 1.54) is 23.9 Å². The van der Waals surface area contributed by atoms with Gasteiger partial charge in [-0.05, 0) is 92.5 Å². The lowest BCUT2D eigenvalue weighted by atomic mass is 10.0. The summed E-state index contributed by atoms with van der Waals surface area (Å²) in [4.78, 5) is 32.3. The van der Waals surface area contributed by atoms with Gasteiger partial charge >= 0.3 is 0 Å². The number of nitrogens with one attached hydrogen (secondary N) is 1. The number of ether oxygens (including phenoxy) is 1. The molecule has 2 heterocycles. The van der Waals surface area contributed by atoms with E-state index in [0.29, 0.717) is 30.4 Å². The van der Waals surface area contributed by atoms with Gasteiger partial charge in [0.2, 0.25) is 17.8 Å². The van der Waals surface area contributed by atoms with Crippen molar-refractivity contribution in [3.8, 4) is 5.75 Å². The minimum atomic E-state index is -0.683. The third kappa shape index (κ3) is 8.35. The number of nitrogens with two attached hydrogens (primary N) is 1. The monoisotopic (exact) mass is 553 g/mol. The van der Waals surface area contributed by atoms with Crippen LogP contribution in [-0.4, -0.2) is 65.1 Å². The molecule has 1 aromatic heterocycles. The lowest BCUT2D eigenvalue weighted by Gasteiger charge is -2.27. The Kier molecular flexibility index (Phi) is 10.1. The SMILES string of the molecule is COc1ccc(Sc2nc(Nc3cccc(F)c3)nc(N(CCN3CCCC3)C(=O)[C@@H](N)CC(C)C)n2)cc1. The van der Waals surface area contributed by atoms with Gasteiger partial charge in [0.05, 0.1) is 13.2 Å². The molecule has 0 aliphatic carbocycles. The first-order chi connectivity index (χ1) is 18.8. The number of carbonyl (C=O) groups is 1. The highest BCUT2D eigenvalue weighted by molar-refractivity contribution is 7.99. The zero-order chi connectivity index (χ0) is 27.8. The molecule has 0 unspecified atom stereocenters. The summed E-state index contributed by atoms with van der Waals surface area (Å²) in [6.07, 6.45) is 2.85. The minimum absolute atomic E-state index is 0.206. The van der Waals surface area contributed by atoms with Gasteiger partial charge in [-0.25, -0.2) is 4.39 Å². The molecule has 9 nitrogen and oxygen atoms in total. The third-order valence-electron chi connectivity index (χ3n) is 6.34. The van der Waals surface area contributed by atoms with E-state index in [2.05, 4.69) is 25.2 Å². The highest BCUT2D eigenvalue weighted by Gasteiger charge is 2.27. The Balaban J connectivity index is 1.69. The zero-order valence-corrected chi connectivity index (χ0v) is 23.5. The Morgan fingerprint density at radius 3 is 2.56 bits per heavy atom. The van der Waals surface area contributed by atoms with E-state index in [1.807, 2.05) is 38.1 Å². The second-order valence-corrected chi connectivity index (χ2v) is 11.0. The van der Waals surface area contributed by atoms with Crippen LogP contribution in [0.5, 0.6) is 5.75 Å². The molecule has 1 aliphatic rings. The number of hydrogen-bond acceptors (Lipinski definition) is 9. The first kappa shape index (κ1) is 28.7. The molecule has 3 N–H and O–H groups in total. The van der Waals surface area contributed by atoms with Gasteiger partial charge in [0.15, 0.2) is 5.16 Å². The number of likely N-dealkylation sites (tertiary alicyclic amines) is 1. The van der Waals surface area contributed by atoms with Crippen molar-refractivity contribution in [1.29, 1.82) is 0 Å². The van der Waals surface area contributed by atoms with Crippen LogP contribution in [0, 0.1) is 11.7 Å². The number of hydrogen-bond donors (Lipinski definition) is 2. The van der Waals surface area contributed by atoms with E-state index in [0.717, 1.165) is 36.6 Å². The fourth-order valence-electron chi connectivity index (χ4n) is 4.38. The van der Waals surface area contributed by atoms with E-state index in [9.17, 15) is 9.18 Å². The quantitative estimate of drug-likeness (QED) is 0.329. The van der Waals surface area contributed by atoms with Crippen molar-refractivity contribution < 1.29 is 13.9 Å². The van der Waals surface area contributed by atoms with Gasteiger partial charge in [0.1, 0.15) is 11.6 Å². The summed E-state index contributed by atoms with van der Waals surface area (Å²) in [6, 6.07) is 12.9. The summed E-state index contributed by atoms with van der Waals surface area (Å²) in [5.41, 5.74) is 6.84. The lowest BCUT2D eigenvalue weighted by molar-refractivity contribution is -0.120. The van der Waals surface area contributed by atoms with Crippen LogP contribution in [0.15, 0.2) is 58.6 Å². The fourth-order valence-corrected chi connectivity index (χ4v) is 5.12. The fraction of sp³-hybridized carbons (Fsp3) is 0.429. The number of amides is 1. The summed E-state index contributed by atoms with van der Waals surface area (Å²) in [7, 11) is 1.61. The molecule has 4 rings (SSSR count). The van der Waals surface area contributed by atoms with E-state index in [1.54, 1.807) is 24.1 Å². The van der Waals surface area contributed by atoms with Crippen molar-refractivity contribution in [1.82, 2.24) is 19.9 Å². The normalized spacial score (nSPS) is 14.4. The molecule has 1 atom stereocenters. The zero-order valence-electron chi connectivity index (χ0n) is 22.6. The van der Waals surface area contributed by atoms with Crippen molar-refractivity contribution in [2.75, 3.05) is 43.5 Å². The van der Waals surface area contributed by atoms with E-state index >= 15 is 0 Å². The minimum Gasteiger partial charge on any atom is -0.497 e. The number of benzene rings is 2. The van der Waals surface area contributed by atoms with Crippen molar-refractivity contribution in [3.63, 3.8) is 0 Å². The number of nitrogens with zero attached hydrogens (tertiary/aromatic N) is 5. The second kappa shape index (κ2) is 13.7. The van der Waals surface area contributed by atoms with Crippen LogP contribution < -0.4 is 20.7 Å². The number of rotatable bonds is 12. The molecule has 1 aliphatic heterocycles. The van der Waals surface area contributed by atoms with Gasteiger partial charge in [-0.2, -0.15) is 15.0 Å². The number of methoxy groups -OCH3 is 1. The Morgan fingerprint density at radius 1 is 1.15 bits per heavy atom. The predicted octanol–water partition coefficient (Wildman–Crippen LogP) is 4.72. The van der Waals surface area contributed by atoms with Crippen molar-refractivity contribution in [3.05, 3.63) is 54.3 Å². The number of halogens is 1. The Labute approximate surface area is 233 Å². The molecule has 1 amide bonds. The van der Waals surface area contributed by atoms with Gasteiger partial charge in [-0.15, -0.1) is 0 Å². The summed E-state index contributed by atoms with van der Waals surface area (Å²) >= 11 is 1.33. The van der Waals surface area contributed by atoms with E-state index < -0.39 is 6.04 Å². The van der Waals surface area contributed by atoms with Gasteiger partial charge < -0.3 is 20.7 Å². The summed E-state index contributed by atoms with van der Waals surface area (Å²) in [6.45, 7) is 7.18. The van der Waals surface area contributed by atoms with E-state index in [-0.39, 0.29) is 29.5 Å². The lowest BCUT2D eigenvalue weighted by Crippen LogP contribution is -2.48. The van der Waals surface area contributed by atoms with Crippen molar-refractivity contribution in [2.45, 2.75) is 49.2 Å². The topological polar surface area (TPSA) is 110 Å². The van der Waals surface area contributed by atoms with Crippen LogP contribution in [0.4, 0.5) is 22.0 Å². The average Bonchev–Trinajstić information content (AvgIpc) is 3.42. The molecule has 39 heavy (non-hydrogen) atoms. The van der Waals surface area contributed by atoms with Crippen molar-refractivity contribution >= 4 is 35.3 Å². The van der Waals surface area contributed by atoms with Crippen molar-refractivity contribution in [2.24, 2.45) is 11.7 Å². The van der Waals surface area contributed by atoms with Crippen LogP contribution in [0.2, 0.25) is 0 Å². The van der Waals surface area contributed by atoms with Crippen LogP contribution >= 0.6 is 11.8 Å². The molecule has 3 aromatic rings. The Hall–Kier alpha value is -3.28. The smallest absolute Gasteiger partial charge is 0.246 e. The molecule has 0 saturated carbocycles. The molecule has 208 valence electrons. The van der Waals surface area contributed by atoms with Crippen LogP contribution in [0.3, 0.4) is 0 Å². The molecule has 0 spiro atoms. The molecular formula is C28H36FN7O2S. The molecule has 11 heteroatoms. The maximum absolute atomic E-state index is 13.9. The average molecular weight is 554 g/mol. The summed E-state index contributed by atoms with van der Waals surface area (Å²) in [5.74, 6) is 0.799. The summed E-state index contributed by atoms with van der Waals surface area (Å²) < 4.78 is 19.1. The molecule has 1 saturated heterocycles. The Bertz CT molecular complexity index is 1240. The highest BCUT2D eigenvalue weighted by atomic mass is 32.2. The first-order valence-corrected chi connectivity index (χ1v) is 14.0. The van der Waals surface area contributed by atoms with Crippen LogP contribution in [0.1, 0.15) is 33.1 Å². The second-order valence-electron chi connectivity index (χ2n) is 9.93. The molecule has 0 radical (unpaired) electrons. The number of aromatic nitrogens is 3. The number of carbonyl (C=O) groups excluding carboxylic acids is 1. The van der Waals surface area contributed by atoms with Gasteiger partial charge in [-0.3, -0.25) is 9.69 Å². The molecule has 2 aromatic carbocycles. The maximum Gasteiger partial charge on any atom is 0.246 e. The third-order valence-corrected chi connectivity index (χ3v) is 7.21. The molecule has 1 fully saturated rings. The largest absolute Gasteiger partial charge is 0.497 e. The number of anilines is 3. The highest BCUT2D eigenvalue weighted by Crippen LogP contribution is 2.29. The Morgan fingerprint density at radius 2 is 1.90 bits per heavy atom. The van der Waals surface area contributed by atoms with Gasteiger partial charge in [0, 0.05) is 23.7 Å². The summed E-state index contributed by atoms with van der Waals surface area (Å²) in [5, 5.41) is 3.46. The van der Waals surface area contributed by atoms with E-state index in [4.69, 9.17) is 10.5 Å². The molecule has 0 bridgehead atoms. The van der Waals surface area contributed by atoms with Gasteiger partial charge in [-0.1, -0.05) is 19.9 Å². The molecular weight excluding hydrogens is 517 g/mol. The van der Waals surface area contributed by atoms with Crippen LogP contribution in [-0.2, 0) is 4.79 Å². The van der Waals surface area contributed by atoms with Gasteiger partial charge in [0.25, 0.3) is 0 Å². The first-order valence-electron chi connectivity index (χ1n) is 13.2. The van der Waals surface area contributed by atoms with Crippen LogP contribution in [0.25, 0.3) is 0 Å².